The van der Waals surface area contributed by atoms with Gasteiger partial charge in [-0.1, -0.05) is 0 Å². The Bertz CT molecular complexity index is 687. The molecule has 3 rings (SSSR count). The molecule has 2 heterocycles. The first-order valence-electron chi connectivity index (χ1n) is 10.3. The molecule has 2 aliphatic rings. The molecule has 1 aromatic rings. The van der Waals surface area contributed by atoms with E-state index in [4.69, 9.17) is 15.2 Å². The minimum Gasteiger partial charge on any atom is -0.490 e. The zero-order chi connectivity index (χ0) is 19.9. The van der Waals surface area contributed by atoms with E-state index in [1.54, 1.807) is 18.2 Å². The predicted molar refractivity (Wildman–Crippen MR) is 114 cm³/mol. The van der Waals surface area contributed by atoms with Crippen LogP contribution in [-0.2, 0) is 4.79 Å². The van der Waals surface area contributed by atoms with Gasteiger partial charge in [-0.15, -0.1) is 12.4 Å². The van der Waals surface area contributed by atoms with Crippen LogP contribution in [0.25, 0.3) is 0 Å². The van der Waals surface area contributed by atoms with Crippen molar-refractivity contribution in [2.75, 3.05) is 39.4 Å². The number of piperidine rings is 2. The Labute approximate surface area is 178 Å². The van der Waals surface area contributed by atoms with Gasteiger partial charge in [0, 0.05) is 37.8 Å². The van der Waals surface area contributed by atoms with Crippen molar-refractivity contribution in [1.82, 2.24) is 9.80 Å². The van der Waals surface area contributed by atoms with Gasteiger partial charge in [-0.3, -0.25) is 9.59 Å². The summed E-state index contributed by atoms with van der Waals surface area (Å²) >= 11 is 0. The van der Waals surface area contributed by atoms with Crippen LogP contribution in [0, 0.1) is 0 Å². The summed E-state index contributed by atoms with van der Waals surface area (Å²) < 4.78 is 11.4. The number of hydrogen-bond donors (Lipinski definition) is 1. The minimum absolute atomic E-state index is 0. The van der Waals surface area contributed by atoms with E-state index in [-0.39, 0.29) is 36.9 Å². The summed E-state index contributed by atoms with van der Waals surface area (Å²) in [5.74, 6) is 0.952. The molecule has 2 amide bonds. The first kappa shape index (κ1) is 23.3. The molecule has 8 heteroatoms. The van der Waals surface area contributed by atoms with Gasteiger partial charge >= 0.3 is 0 Å². The summed E-state index contributed by atoms with van der Waals surface area (Å²) in [7, 11) is 0. The molecule has 0 saturated carbocycles. The van der Waals surface area contributed by atoms with E-state index < -0.39 is 0 Å². The molecule has 162 valence electrons. The predicted octanol–water partition coefficient (Wildman–Crippen LogP) is 2.46. The summed E-state index contributed by atoms with van der Waals surface area (Å²) in [6.45, 7) is 5.26. The fraction of sp³-hybridized carbons (Fsp3) is 0.619. The standard InChI is InChI=1S/C21H31N3O4.ClH/c1-2-27-19-14-16(21(26)24-12-8-17(22)9-13-24)6-7-18(19)28-15-20(25)23-10-4-3-5-11-23;/h6-7,14,17H,2-5,8-13,15,22H2,1H3;1H. The zero-order valence-electron chi connectivity index (χ0n) is 17.1. The van der Waals surface area contributed by atoms with Gasteiger partial charge in [-0.05, 0) is 57.2 Å². The molecule has 0 radical (unpaired) electrons. The Morgan fingerprint density at radius 1 is 1.00 bits per heavy atom. The van der Waals surface area contributed by atoms with Crippen molar-refractivity contribution in [3.05, 3.63) is 23.8 Å². The molecule has 7 nitrogen and oxygen atoms in total. The van der Waals surface area contributed by atoms with E-state index in [2.05, 4.69) is 0 Å². The fourth-order valence-electron chi connectivity index (χ4n) is 3.69. The second-order valence-electron chi connectivity index (χ2n) is 7.45. The minimum atomic E-state index is -0.0243. The Balaban J connectivity index is 0.00000300. The number of hydrogen-bond acceptors (Lipinski definition) is 5. The van der Waals surface area contributed by atoms with Crippen molar-refractivity contribution in [2.24, 2.45) is 5.73 Å². The van der Waals surface area contributed by atoms with Crippen LogP contribution in [0.4, 0.5) is 0 Å². The molecule has 0 aromatic heterocycles. The summed E-state index contributed by atoms with van der Waals surface area (Å²) in [5.41, 5.74) is 6.49. The number of nitrogens with two attached hydrogens (primary N) is 1. The third-order valence-electron chi connectivity index (χ3n) is 5.38. The van der Waals surface area contributed by atoms with Crippen LogP contribution in [0.15, 0.2) is 18.2 Å². The smallest absolute Gasteiger partial charge is 0.260 e. The van der Waals surface area contributed by atoms with Crippen molar-refractivity contribution >= 4 is 24.2 Å². The summed E-state index contributed by atoms with van der Waals surface area (Å²) in [6, 6.07) is 5.34. The quantitative estimate of drug-likeness (QED) is 0.756. The van der Waals surface area contributed by atoms with E-state index in [1.165, 1.54) is 6.42 Å². The highest BCUT2D eigenvalue weighted by Gasteiger charge is 2.23. The third-order valence-corrected chi connectivity index (χ3v) is 5.38. The number of benzene rings is 1. The van der Waals surface area contributed by atoms with E-state index >= 15 is 0 Å². The lowest BCUT2D eigenvalue weighted by Gasteiger charge is -2.30. The van der Waals surface area contributed by atoms with Crippen LogP contribution in [0.3, 0.4) is 0 Å². The third kappa shape index (κ3) is 6.24. The molecule has 1 aromatic carbocycles. The van der Waals surface area contributed by atoms with E-state index in [0.29, 0.717) is 36.8 Å². The van der Waals surface area contributed by atoms with E-state index in [9.17, 15) is 9.59 Å². The van der Waals surface area contributed by atoms with Crippen LogP contribution >= 0.6 is 12.4 Å². The first-order chi connectivity index (χ1) is 13.6. The molecule has 0 bridgehead atoms. The Kier molecular flexibility index (Phi) is 9.04. The average molecular weight is 426 g/mol. The van der Waals surface area contributed by atoms with Gasteiger partial charge < -0.3 is 25.0 Å². The lowest BCUT2D eigenvalue weighted by molar-refractivity contribution is -0.134. The Morgan fingerprint density at radius 2 is 1.69 bits per heavy atom. The highest BCUT2D eigenvalue weighted by Crippen LogP contribution is 2.29. The topological polar surface area (TPSA) is 85.1 Å². The molecule has 2 fully saturated rings. The van der Waals surface area contributed by atoms with E-state index in [1.807, 2.05) is 16.7 Å². The average Bonchev–Trinajstić information content (AvgIpc) is 2.73. The van der Waals surface area contributed by atoms with Crippen molar-refractivity contribution in [3.8, 4) is 11.5 Å². The monoisotopic (exact) mass is 425 g/mol. The second kappa shape index (κ2) is 11.3. The van der Waals surface area contributed by atoms with Crippen molar-refractivity contribution < 1.29 is 19.1 Å². The summed E-state index contributed by atoms with van der Waals surface area (Å²) in [5, 5.41) is 0. The van der Waals surface area contributed by atoms with Crippen LogP contribution in [0.2, 0.25) is 0 Å². The number of likely N-dealkylation sites (tertiary alicyclic amines) is 2. The van der Waals surface area contributed by atoms with Crippen LogP contribution < -0.4 is 15.2 Å². The van der Waals surface area contributed by atoms with Gasteiger partial charge in [-0.25, -0.2) is 0 Å². The molecular weight excluding hydrogens is 394 g/mol. The van der Waals surface area contributed by atoms with E-state index in [0.717, 1.165) is 38.8 Å². The maximum absolute atomic E-state index is 12.8. The van der Waals surface area contributed by atoms with Gasteiger partial charge in [0.15, 0.2) is 18.1 Å². The number of nitrogens with zero attached hydrogens (tertiary/aromatic N) is 2. The molecule has 2 aliphatic heterocycles. The van der Waals surface area contributed by atoms with Crippen molar-refractivity contribution in [1.29, 1.82) is 0 Å². The Hall–Kier alpha value is -1.99. The molecular formula is C21H32ClN3O4. The molecule has 0 aliphatic carbocycles. The van der Waals surface area contributed by atoms with Gasteiger partial charge in [0.1, 0.15) is 0 Å². The Morgan fingerprint density at radius 3 is 2.34 bits per heavy atom. The lowest BCUT2D eigenvalue weighted by Crippen LogP contribution is -2.42. The number of carbonyl (C=O) groups is 2. The number of ether oxygens (including phenoxy) is 2. The maximum Gasteiger partial charge on any atom is 0.260 e. The molecule has 0 unspecified atom stereocenters. The second-order valence-corrected chi connectivity index (χ2v) is 7.45. The molecule has 29 heavy (non-hydrogen) atoms. The van der Waals surface area contributed by atoms with Crippen LogP contribution in [0.5, 0.6) is 11.5 Å². The van der Waals surface area contributed by atoms with Crippen LogP contribution in [-0.4, -0.2) is 67.0 Å². The molecule has 0 spiro atoms. The zero-order valence-corrected chi connectivity index (χ0v) is 17.9. The van der Waals surface area contributed by atoms with Crippen molar-refractivity contribution in [2.45, 2.75) is 45.1 Å². The largest absolute Gasteiger partial charge is 0.490 e. The summed E-state index contributed by atoms with van der Waals surface area (Å²) in [4.78, 5) is 28.8. The van der Waals surface area contributed by atoms with Gasteiger partial charge in [0.2, 0.25) is 0 Å². The van der Waals surface area contributed by atoms with Crippen LogP contribution in [0.1, 0.15) is 49.4 Å². The maximum atomic E-state index is 12.8. The molecule has 2 N–H and O–H groups in total. The fourth-order valence-corrected chi connectivity index (χ4v) is 3.69. The molecule has 2 saturated heterocycles. The number of carbonyl (C=O) groups excluding carboxylic acids is 2. The first-order valence-corrected chi connectivity index (χ1v) is 10.3. The number of halogens is 1. The van der Waals surface area contributed by atoms with Gasteiger partial charge in [-0.2, -0.15) is 0 Å². The highest BCUT2D eigenvalue weighted by atomic mass is 35.5. The summed E-state index contributed by atoms with van der Waals surface area (Å²) in [6.07, 6.45) is 4.92. The number of amides is 2. The lowest BCUT2D eigenvalue weighted by atomic mass is 10.0. The van der Waals surface area contributed by atoms with Crippen molar-refractivity contribution in [3.63, 3.8) is 0 Å². The SMILES string of the molecule is CCOc1cc(C(=O)N2CCC(N)CC2)ccc1OCC(=O)N1CCCCC1.Cl. The number of rotatable bonds is 6. The normalized spacial score (nSPS) is 17.4. The van der Waals surface area contributed by atoms with Gasteiger partial charge in [0.05, 0.1) is 6.61 Å². The van der Waals surface area contributed by atoms with Gasteiger partial charge in [0.25, 0.3) is 11.8 Å². The highest BCUT2D eigenvalue weighted by molar-refractivity contribution is 5.95. The molecule has 0 atom stereocenters.